The van der Waals surface area contributed by atoms with Gasteiger partial charge in [-0.15, -0.1) is 6.58 Å². The van der Waals surface area contributed by atoms with Crippen LogP contribution in [0.3, 0.4) is 0 Å². The number of Topliss-reactive ketones (excluding diaryl/α,β-unsaturated/α-hetero) is 1. The fourth-order valence-corrected chi connectivity index (χ4v) is 2.95. The van der Waals surface area contributed by atoms with Crippen molar-refractivity contribution in [3.05, 3.63) is 47.5 Å². The molecule has 1 aromatic rings. The maximum absolute atomic E-state index is 12.5. The van der Waals surface area contributed by atoms with Crippen molar-refractivity contribution in [3.8, 4) is 0 Å². The lowest BCUT2D eigenvalue weighted by atomic mass is 9.74. The van der Waals surface area contributed by atoms with Crippen molar-refractivity contribution in [2.45, 2.75) is 38.2 Å². The van der Waals surface area contributed by atoms with Gasteiger partial charge >= 0.3 is 5.97 Å². The summed E-state index contributed by atoms with van der Waals surface area (Å²) in [5.74, 6) is -0.274. The lowest BCUT2D eigenvalue weighted by Crippen LogP contribution is -2.48. The van der Waals surface area contributed by atoms with Gasteiger partial charge in [-0.2, -0.15) is 0 Å². The molecular formula is C17H19ClO3. The first kappa shape index (κ1) is 15.8. The van der Waals surface area contributed by atoms with Gasteiger partial charge in [0.15, 0.2) is 11.4 Å². The van der Waals surface area contributed by atoms with Crippen LogP contribution in [0.15, 0.2) is 36.9 Å². The second-order valence-corrected chi connectivity index (χ2v) is 5.99. The van der Waals surface area contributed by atoms with Gasteiger partial charge in [-0.1, -0.05) is 29.8 Å². The Labute approximate surface area is 129 Å². The molecule has 1 aliphatic carbocycles. The number of benzene rings is 1. The van der Waals surface area contributed by atoms with Gasteiger partial charge in [-0.05, 0) is 36.5 Å². The highest BCUT2D eigenvalue weighted by atomic mass is 35.5. The Balaban J connectivity index is 2.25. The minimum Gasteiger partial charge on any atom is -0.451 e. The summed E-state index contributed by atoms with van der Waals surface area (Å²) in [7, 11) is 0. The number of carbonyl (C=O) groups is 2. The van der Waals surface area contributed by atoms with Crippen molar-refractivity contribution >= 4 is 23.4 Å². The van der Waals surface area contributed by atoms with Gasteiger partial charge in [0.1, 0.15) is 0 Å². The van der Waals surface area contributed by atoms with E-state index in [2.05, 4.69) is 6.58 Å². The molecule has 2 atom stereocenters. The molecule has 0 aliphatic heterocycles. The second kappa shape index (κ2) is 6.44. The Hall–Kier alpha value is -1.61. The molecule has 112 valence electrons. The van der Waals surface area contributed by atoms with Crippen molar-refractivity contribution in [1.82, 2.24) is 0 Å². The van der Waals surface area contributed by atoms with Gasteiger partial charge < -0.3 is 4.74 Å². The van der Waals surface area contributed by atoms with E-state index in [0.717, 1.165) is 12.0 Å². The van der Waals surface area contributed by atoms with E-state index < -0.39 is 11.6 Å². The molecule has 0 amide bonds. The highest BCUT2D eigenvalue weighted by Gasteiger charge is 2.45. The summed E-state index contributed by atoms with van der Waals surface area (Å²) in [5, 5.41) is 0.641. The summed E-state index contributed by atoms with van der Waals surface area (Å²) in [5.41, 5.74) is -0.106. The maximum Gasteiger partial charge on any atom is 0.303 e. The van der Waals surface area contributed by atoms with Crippen LogP contribution in [0.5, 0.6) is 0 Å². The van der Waals surface area contributed by atoms with Gasteiger partial charge in [0, 0.05) is 24.8 Å². The number of allylic oxidation sites excluding steroid dienone is 1. The van der Waals surface area contributed by atoms with Crippen molar-refractivity contribution in [2.75, 3.05) is 0 Å². The van der Waals surface area contributed by atoms with Crippen LogP contribution in [0.4, 0.5) is 0 Å². The smallest absolute Gasteiger partial charge is 0.303 e. The minimum atomic E-state index is -1.04. The molecule has 0 N–H and O–H groups in total. The lowest BCUT2D eigenvalue weighted by Gasteiger charge is -2.37. The van der Waals surface area contributed by atoms with E-state index in [9.17, 15) is 9.59 Å². The second-order valence-electron chi connectivity index (χ2n) is 5.55. The van der Waals surface area contributed by atoms with Crippen LogP contribution in [-0.2, 0) is 20.7 Å². The Morgan fingerprint density at radius 1 is 1.48 bits per heavy atom. The Kier molecular flexibility index (Phi) is 4.84. The Morgan fingerprint density at radius 3 is 2.67 bits per heavy atom. The first-order valence-corrected chi connectivity index (χ1v) is 7.43. The number of rotatable bonds is 4. The third-order valence-corrected chi connectivity index (χ3v) is 4.20. The fraction of sp³-hybridized carbons (Fsp3) is 0.412. The number of halogens is 1. The predicted octanol–water partition coefficient (Wildman–Crippen LogP) is 3.74. The molecule has 1 fully saturated rings. The van der Waals surface area contributed by atoms with E-state index in [1.807, 2.05) is 12.1 Å². The number of carbonyl (C=O) groups excluding carboxylic acids is 2. The molecule has 0 saturated heterocycles. The zero-order valence-electron chi connectivity index (χ0n) is 12.1. The number of esters is 1. The first-order chi connectivity index (χ1) is 9.95. The number of hydrogen-bond acceptors (Lipinski definition) is 3. The molecule has 1 saturated carbocycles. The summed E-state index contributed by atoms with van der Waals surface area (Å²) in [6.07, 6.45) is 3.91. The summed E-state index contributed by atoms with van der Waals surface area (Å²) in [6.45, 7) is 5.09. The number of ketones is 1. The van der Waals surface area contributed by atoms with Crippen molar-refractivity contribution < 1.29 is 14.3 Å². The molecule has 1 aliphatic rings. The molecule has 2 rings (SSSR count). The maximum atomic E-state index is 12.5. The summed E-state index contributed by atoms with van der Waals surface area (Å²) >= 11 is 5.88. The van der Waals surface area contributed by atoms with Crippen LogP contribution >= 0.6 is 11.6 Å². The molecule has 4 heteroatoms. The zero-order chi connectivity index (χ0) is 15.5. The van der Waals surface area contributed by atoms with E-state index >= 15 is 0 Å². The minimum absolute atomic E-state index is 0.0243. The zero-order valence-corrected chi connectivity index (χ0v) is 12.9. The van der Waals surface area contributed by atoms with Crippen molar-refractivity contribution in [2.24, 2.45) is 5.92 Å². The molecule has 0 bridgehead atoms. The first-order valence-electron chi connectivity index (χ1n) is 7.05. The molecule has 0 spiro atoms. The van der Waals surface area contributed by atoms with Crippen LogP contribution in [0, 0.1) is 5.92 Å². The third-order valence-electron chi connectivity index (χ3n) is 3.95. The fourth-order valence-electron chi connectivity index (χ4n) is 2.82. The normalized spacial score (nSPS) is 25.4. The average Bonchev–Trinajstić information content (AvgIpc) is 2.44. The monoisotopic (exact) mass is 306 g/mol. The van der Waals surface area contributed by atoms with Gasteiger partial charge in [0.2, 0.25) is 0 Å². The van der Waals surface area contributed by atoms with Gasteiger partial charge in [-0.3, -0.25) is 9.59 Å². The molecule has 2 unspecified atom stereocenters. The average molecular weight is 307 g/mol. The largest absolute Gasteiger partial charge is 0.451 e. The molecule has 0 heterocycles. The molecule has 1 aromatic carbocycles. The Bertz CT molecular complexity index is 550. The SMILES string of the molecule is C=CC1CCC(Cc2ccc(Cl)cc2)(OC(C)=O)C(=O)C1. The van der Waals surface area contributed by atoms with Crippen LogP contribution in [0.1, 0.15) is 31.7 Å². The molecule has 21 heavy (non-hydrogen) atoms. The van der Waals surface area contributed by atoms with E-state index in [4.69, 9.17) is 16.3 Å². The molecule has 0 radical (unpaired) electrons. The van der Waals surface area contributed by atoms with Crippen LogP contribution in [0.2, 0.25) is 5.02 Å². The Morgan fingerprint density at radius 2 is 2.14 bits per heavy atom. The van der Waals surface area contributed by atoms with Crippen LogP contribution in [-0.4, -0.2) is 17.4 Å². The summed E-state index contributed by atoms with van der Waals surface area (Å²) in [6, 6.07) is 7.28. The van der Waals surface area contributed by atoms with Crippen LogP contribution in [0.25, 0.3) is 0 Å². The summed E-state index contributed by atoms with van der Waals surface area (Å²) in [4.78, 5) is 24.0. The van der Waals surface area contributed by atoms with Gasteiger partial charge in [0.25, 0.3) is 0 Å². The standard InChI is InChI=1S/C17H19ClO3/c1-3-13-8-9-17(16(20)10-13,21-12(2)19)11-14-4-6-15(18)7-5-14/h3-7,13H,1,8-11H2,2H3. The number of ether oxygens (including phenoxy) is 1. The molecule has 0 aromatic heterocycles. The quantitative estimate of drug-likeness (QED) is 0.628. The van der Waals surface area contributed by atoms with E-state index in [0.29, 0.717) is 24.3 Å². The van der Waals surface area contributed by atoms with Crippen molar-refractivity contribution in [3.63, 3.8) is 0 Å². The van der Waals surface area contributed by atoms with Crippen molar-refractivity contribution in [1.29, 1.82) is 0 Å². The highest BCUT2D eigenvalue weighted by Crippen LogP contribution is 2.35. The molecule has 3 nitrogen and oxygen atoms in total. The topological polar surface area (TPSA) is 43.4 Å². The predicted molar refractivity (Wildman–Crippen MR) is 82.2 cm³/mol. The number of hydrogen-bond donors (Lipinski definition) is 0. The van der Waals surface area contributed by atoms with E-state index in [-0.39, 0.29) is 11.7 Å². The van der Waals surface area contributed by atoms with Gasteiger partial charge in [0.05, 0.1) is 0 Å². The third kappa shape index (κ3) is 3.73. The molecular weight excluding hydrogens is 288 g/mol. The highest BCUT2D eigenvalue weighted by molar-refractivity contribution is 6.30. The van der Waals surface area contributed by atoms with E-state index in [1.54, 1.807) is 18.2 Å². The lowest BCUT2D eigenvalue weighted by molar-refractivity contribution is -0.169. The van der Waals surface area contributed by atoms with Gasteiger partial charge in [-0.25, -0.2) is 0 Å². The summed E-state index contributed by atoms with van der Waals surface area (Å²) < 4.78 is 5.46. The van der Waals surface area contributed by atoms with E-state index in [1.165, 1.54) is 6.92 Å². The van der Waals surface area contributed by atoms with Crippen LogP contribution < -0.4 is 0 Å².